The second kappa shape index (κ2) is 5.47. The standard InChI is InChI=1S/C9H5ClF5NO2/c10-2-4-1-5(7(11)12)6(3-17)8(16-4)18-9(13,14)15/h1,3,7H,2H2. The second-order valence-electron chi connectivity index (χ2n) is 3.02. The van der Waals surface area contributed by atoms with Gasteiger partial charge in [-0.25, -0.2) is 13.8 Å². The van der Waals surface area contributed by atoms with Gasteiger partial charge in [0.25, 0.3) is 6.43 Å². The summed E-state index contributed by atoms with van der Waals surface area (Å²) in [7, 11) is 0. The fourth-order valence-corrected chi connectivity index (χ4v) is 1.30. The molecule has 1 aromatic rings. The summed E-state index contributed by atoms with van der Waals surface area (Å²) < 4.78 is 64.7. The van der Waals surface area contributed by atoms with Crippen molar-refractivity contribution in [3.8, 4) is 5.88 Å². The van der Waals surface area contributed by atoms with E-state index in [9.17, 15) is 26.7 Å². The Morgan fingerprint density at radius 3 is 2.44 bits per heavy atom. The lowest BCUT2D eigenvalue weighted by Gasteiger charge is -2.13. The normalized spacial score (nSPS) is 11.7. The molecule has 9 heteroatoms. The predicted molar refractivity (Wildman–Crippen MR) is 50.8 cm³/mol. The summed E-state index contributed by atoms with van der Waals surface area (Å²) in [5.74, 6) is -1.63. The predicted octanol–water partition coefficient (Wildman–Crippen LogP) is 3.47. The average Bonchev–Trinajstić information content (AvgIpc) is 2.25. The first kappa shape index (κ1) is 14.6. The fourth-order valence-electron chi connectivity index (χ4n) is 1.16. The molecule has 1 heterocycles. The molecule has 0 N–H and O–H groups in total. The van der Waals surface area contributed by atoms with Crippen LogP contribution in [0.3, 0.4) is 0 Å². The number of rotatable bonds is 4. The van der Waals surface area contributed by atoms with Crippen molar-refractivity contribution >= 4 is 17.9 Å². The smallest absolute Gasteiger partial charge is 0.387 e. The summed E-state index contributed by atoms with van der Waals surface area (Å²) in [5.41, 5.74) is -2.11. The van der Waals surface area contributed by atoms with Gasteiger partial charge in [0, 0.05) is 5.56 Å². The maximum absolute atomic E-state index is 12.6. The number of carbonyl (C=O) groups excluding carboxylic acids is 1. The van der Waals surface area contributed by atoms with Crippen molar-refractivity contribution in [3.63, 3.8) is 0 Å². The van der Waals surface area contributed by atoms with Crippen LogP contribution in [0.2, 0.25) is 0 Å². The minimum absolute atomic E-state index is 0.173. The van der Waals surface area contributed by atoms with Crippen LogP contribution in [0.5, 0.6) is 5.88 Å². The number of pyridine rings is 1. The van der Waals surface area contributed by atoms with E-state index < -0.39 is 35.7 Å². The molecular weight excluding hydrogens is 285 g/mol. The minimum Gasteiger partial charge on any atom is -0.387 e. The van der Waals surface area contributed by atoms with Gasteiger partial charge in [-0.1, -0.05) is 0 Å². The van der Waals surface area contributed by atoms with Gasteiger partial charge in [0.2, 0.25) is 5.88 Å². The number of aromatic nitrogens is 1. The molecule has 0 aliphatic rings. The topological polar surface area (TPSA) is 39.2 Å². The van der Waals surface area contributed by atoms with Crippen molar-refractivity contribution in [2.75, 3.05) is 0 Å². The number of aldehydes is 1. The van der Waals surface area contributed by atoms with Gasteiger partial charge in [-0.2, -0.15) is 0 Å². The van der Waals surface area contributed by atoms with Crippen LogP contribution >= 0.6 is 11.6 Å². The van der Waals surface area contributed by atoms with Gasteiger partial charge in [-0.05, 0) is 6.07 Å². The molecule has 18 heavy (non-hydrogen) atoms. The summed E-state index contributed by atoms with van der Waals surface area (Å²) >= 11 is 5.31. The van der Waals surface area contributed by atoms with Gasteiger partial charge in [0.05, 0.1) is 17.1 Å². The first-order valence-electron chi connectivity index (χ1n) is 4.37. The molecule has 0 saturated carbocycles. The summed E-state index contributed by atoms with van der Waals surface area (Å²) in [5, 5.41) is 0. The number of hydrogen-bond acceptors (Lipinski definition) is 3. The van der Waals surface area contributed by atoms with Crippen molar-refractivity contribution in [1.29, 1.82) is 0 Å². The highest BCUT2D eigenvalue weighted by atomic mass is 35.5. The molecule has 0 bridgehead atoms. The van der Waals surface area contributed by atoms with Gasteiger partial charge < -0.3 is 4.74 Å². The third-order valence-corrected chi connectivity index (χ3v) is 2.08. The van der Waals surface area contributed by atoms with Crippen LogP contribution in [-0.2, 0) is 5.88 Å². The van der Waals surface area contributed by atoms with Gasteiger partial charge in [-0.3, -0.25) is 4.79 Å². The SMILES string of the molecule is O=Cc1c(C(F)F)cc(CCl)nc1OC(F)(F)F. The van der Waals surface area contributed by atoms with Crippen LogP contribution < -0.4 is 4.74 Å². The van der Waals surface area contributed by atoms with Crippen LogP contribution in [0.15, 0.2) is 6.07 Å². The zero-order valence-electron chi connectivity index (χ0n) is 8.47. The van der Waals surface area contributed by atoms with Crippen molar-refractivity contribution in [1.82, 2.24) is 4.98 Å². The zero-order chi connectivity index (χ0) is 13.9. The highest BCUT2D eigenvalue weighted by Gasteiger charge is 2.34. The Morgan fingerprint density at radius 2 is 2.06 bits per heavy atom. The number of hydrogen-bond donors (Lipinski definition) is 0. The van der Waals surface area contributed by atoms with E-state index in [0.717, 1.165) is 6.07 Å². The van der Waals surface area contributed by atoms with Crippen LogP contribution in [0, 0.1) is 0 Å². The molecule has 0 saturated heterocycles. The van der Waals surface area contributed by atoms with E-state index in [0.29, 0.717) is 0 Å². The molecule has 0 amide bonds. The molecule has 0 atom stereocenters. The quantitative estimate of drug-likeness (QED) is 0.484. The van der Waals surface area contributed by atoms with E-state index in [1.807, 2.05) is 0 Å². The van der Waals surface area contributed by atoms with Crippen molar-refractivity contribution < 1.29 is 31.5 Å². The first-order chi connectivity index (χ1) is 8.28. The lowest BCUT2D eigenvalue weighted by molar-refractivity contribution is -0.276. The molecule has 0 aliphatic carbocycles. The lowest BCUT2D eigenvalue weighted by atomic mass is 10.1. The Bertz CT molecular complexity index is 449. The van der Waals surface area contributed by atoms with Gasteiger partial charge in [0.15, 0.2) is 6.29 Å². The number of halogens is 6. The Kier molecular flexibility index (Phi) is 4.44. The van der Waals surface area contributed by atoms with Gasteiger partial charge >= 0.3 is 6.36 Å². The molecule has 100 valence electrons. The third-order valence-electron chi connectivity index (χ3n) is 1.81. The molecule has 1 rings (SSSR count). The van der Waals surface area contributed by atoms with Crippen LogP contribution in [-0.4, -0.2) is 17.6 Å². The van der Waals surface area contributed by atoms with Crippen molar-refractivity contribution in [2.24, 2.45) is 0 Å². The third kappa shape index (κ3) is 3.52. The van der Waals surface area contributed by atoms with Crippen molar-refractivity contribution in [2.45, 2.75) is 18.7 Å². The molecular formula is C9H5ClF5NO2. The molecule has 0 aromatic carbocycles. The lowest BCUT2D eigenvalue weighted by Crippen LogP contribution is -2.20. The second-order valence-corrected chi connectivity index (χ2v) is 3.29. The first-order valence-corrected chi connectivity index (χ1v) is 4.90. The van der Waals surface area contributed by atoms with E-state index in [-0.39, 0.29) is 12.0 Å². The largest absolute Gasteiger partial charge is 0.574 e. The molecule has 0 radical (unpaired) electrons. The average molecular weight is 290 g/mol. The Labute approximate surface area is 103 Å². The Hall–Kier alpha value is -1.44. The Balaban J connectivity index is 3.37. The molecule has 3 nitrogen and oxygen atoms in total. The number of alkyl halides is 6. The molecule has 1 aromatic heterocycles. The molecule has 0 unspecified atom stereocenters. The highest BCUT2D eigenvalue weighted by molar-refractivity contribution is 6.16. The van der Waals surface area contributed by atoms with Crippen LogP contribution in [0.1, 0.15) is 28.0 Å². The van der Waals surface area contributed by atoms with Crippen LogP contribution in [0.4, 0.5) is 22.0 Å². The minimum atomic E-state index is -5.14. The fraction of sp³-hybridized carbons (Fsp3) is 0.333. The summed E-state index contributed by atoms with van der Waals surface area (Å²) in [6.45, 7) is 0. The van der Waals surface area contributed by atoms with E-state index in [2.05, 4.69) is 9.72 Å². The number of ether oxygens (including phenoxy) is 1. The maximum Gasteiger partial charge on any atom is 0.574 e. The molecule has 0 aliphatic heterocycles. The van der Waals surface area contributed by atoms with E-state index in [1.165, 1.54) is 0 Å². The Morgan fingerprint density at radius 1 is 1.44 bits per heavy atom. The van der Waals surface area contributed by atoms with Gasteiger partial charge in [0.1, 0.15) is 0 Å². The van der Waals surface area contributed by atoms with Crippen molar-refractivity contribution in [3.05, 3.63) is 22.9 Å². The summed E-state index contributed by atoms with van der Waals surface area (Å²) in [6, 6.07) is 0.755. The van der Waals surface area contributed by atoms with E-state index in [4.69, 9.17) is 11.6 Å². The van der Waals surface area contributed by atoms with Gasteiger partial charge in [-0.15, -0.1) is 24.8 Å². The molecule has 0 fully saturated rings. The van der Waals surface area contributed by atoms with E-state index in [1.54, 1.807) is 0 Å². The zero-order valence-corrected chi connectivity index (χ0v) is 9.23. The number of nitrogens with zero attached hydrogens (tertiary/aromatic N) is 1. The maximum atomic E-state index is 12.6. The highest BCUT2D eigenvalue weighted by Crippen LogP contribution is 2.31. The van der Waals surface area contributed by atoms with Crippen LogP contribution in [0.25, 0.3) is 0 Å². The number of carbonyl (C=O) groups is 1. The molecule has 0 spiro atoms. The monoisotopic (exact) mass is 289 g/mol. The van der Waals surface area contributed by atoms with E-state index >= 15 is 0 Å². The summed E-state index contributed by atoms with van der Waals surface area (Å²) in [4.78, 5) is 13.8. The summed E-state index contributed by atoms with van der Waals surface area (Å²) in [6.07, 6.45) is -8.46.